The van der Waals surface area contributed by atoms with Gasteiger partial charge in [0.15, 0.2) is 0 Å². The lowest BCUT2D eigenvalue weighted by Crippen LogP contribution is -2.43. The highest BCUT2D eigenvalue weighted by Gasteiger charge is 2.33. The van der Waals surface area contributed by atoms with Crippen LogP contribution in [0.5, 0.6) is 0 Å². The molecule has 9 heteroatoms. The summed E-state index contributed by atoms with van der Waals surface area (Å²) >= 11 is 12.1. The Balaban J connectivity index is 1.75. The van der Waals surface area contributed by atoms with Crippen LogP contribution in [-0.4, -0.2) is 31.7 Å². The summed E-state index contributed by atoms with van der Waals surface area (Å²) in [5, 5.41) is 3.31. The number of amides is 1. The first-order valence-corrected chi connectivity index (χ1v) is 10.5. The van der Waals surface area contributed by atoms with Crippen molar-refractivity contribution < 1.29 is 17.6 Å². The lowest BCUT2D eigenvalue weighted by molar-refractivity contribution is -0.120. The highest BCUT2D eigenvalue weighted by Crippen LogP contribution is 2.31. The third kappa shape index (κ3) is 4.43. The first-order chi connectivity index (χ1) is 12.8. The maximum atomic E-state index is 13.1. The van der Waals surface area contributed by atoms with Gasteiger partial charge in [-0.05, 0) is 49.2 Å². The van der Waals surface area contributed by atoms with Gasteiger partial charge in [0.05, 0.1) is 26.5 Å². The van der Waals surface area contributed by atoms with Gasteiger partial charge < -0.3 is 5.32 Å². The summed E-state index contributed by atoms with van der Waals surface area (Å²) in [6.07, 6.45) is 1.08. The van der Waals surface area contributed by atoms with Crippen LogP contribution in [0.4, 0.5) is 10.1 Å². The molecule has 0 bridgehead atoms. The van der Waals surface area contributed by atoms with Crippen molar-refractivity contribution in [3.05, 3.63) is 58.3 Å². The van der Waals surface area contributed by atoms with Crippen LogP contribution < -0.4 is 5.32 Å². The summed E-state index contributed by atoms with van der Waals surface area (Å²) in [5.74, 6) is -1.40. The molecule has 1 amide bonds. The number of sulfonamides is 1. The molecular weight excluding hydrogens is 414 g/mol. The molecule has 0 spiro atoms. The van der Waals surface area contributed by atoms with Crippen LogP contribution in [0.1, 0.15) is 12.8 Å². The molecule has 27 heavy (non-hydrogen) atoms. The van der Waals surface area contributed by atoms with E-state index in [0.29, 0.717) is 35.1 Å². The molecule has 2 aromatic rings. The van der Waals surface area contributed by atoms with E-state index in [1.165, 1.54) is 16.4 Å². The van der Waals surface area contributed by atoms with Crippen LogP contribution in [0.15, 0.2) is 47.4 Å². The maximum Gasteiger partial charge on any atom is 0.243 e. The predicted molar refractivity (Wildman–Crippen MR) is 103 cm³/mol. The van der Waals surface area contributed by atoms with E-state index in [1.807, 2.05) is 0 Å². The highest BCUT2D eigenvalue weighted by atomic mass is 35.5. The van der Waals surface area contributed by atoms with Gasteiger partial charge in [0.2, 0.25) is 15.9 Å². The molecule has 1 atom stereocenters. The van der Waals surface area contributed by atoms with Crippen LogP contribution in [0.2, 0.25) is 10.0 Å². The molecule has 144 valence electrons. The third-order valence-electron chi connectivity index (χ3n) is 4.42. The van der Waals surface area contributed by atoms with Crippen LogP contribution in [0.3, 0.4) is 0 Å². The van der Waals surface area contributed by atoms with E-state index in [0.717, 1.165) is 12.1 Å². The third-order valence-corrected chi connectivity index (χ3v) is 6.93. The second-order valence-corrected chi connectivity index (χ2v) is 8.99. The number of piperidine rings is 1. The van der Waals surface area contributed by atoms with Crippen molar-refractivity contribution >= 4 is 44.8 Å². The van der Waals surface area contributed by atoms with Gasteiger partial charge in [-0.25, -0.2) is 12.8 Å². The van der Waals surface area contributed by atoms with Crippen LogP contribution in [-0.2, 0) is 14.8 Å². The predicted octanol–water partition coefficient (Wildman–Crippen LogP) is 4.17. The molecule has 1 fully saturated rings. The Kier molecular flexibility index (Phi) is 6.05. The van der Waals surface area contributed by atoms with Crippen LogP contribution in [0, 0.1) is 11.7 Å². The number of para-hydroxylation sites is 1. The van der Waals surface area contributed by atoms with Gasteiger partial charge in [-0.2, -0.15) is 4.31 Å². The van der Waals surface area contributed by atoms with E-state index < -0.39 is 21.8 Å². The molecule has 2 aromatic carbocycles. The zero-order valence-electron chi connectivity index (χ0n) is 14.2. The summed E-state index contributed by atoms with van der Waals surface area (Å²) in [5.41, 5.74) is 0.310. The molecule has 1 heterocycles. The molecule has 0 saturated carbocycles. The number of nitrogens with one attached hydrogen (secondary N) is 1. The molecule has 5 nitrogen and oxygen atoms in total. The Morgan fingerprint density at radius 3 is 2.37 bits per heavy atom. The van der Waals surface area contributed by atoms with Crippen molar-refractivity contribution in [2.75, 3.05) is 18.4 Å². The molecule has 1 aliphatic heterocycles. The molecule has 3 rings (SSSR count). The first-order valence-electron chi connectivity index (χ1n) is 8.29. The second kappa shape index (κ2) is 8.14. The summed E-state index contributed by atoms with van der Waals surface area (Å²) in [4.78, 5) is 12.6. The van der Waals surface area contributed by atoms with E-state index in [9.17, 15) is 17.6 Å². The number of nitrogens with zero attached hydrogens (tertiary/aromatic N) is 1. The average molecular weight is 431 g/mol. The van der Waals surface area contributed by atoms with E-state index >= 15 is 0 Å². The number of hydrogen-bond acceptors (Lipinski definition) is 3. The minimum absolute atomic E-state index is 0.000827. The van der Waals surface area contributed by atoms with E-state index in [2.05, 4.69) is 5.32 Å². The number of carbonyl (C=O) groups excluding carboxylic acids is 1. The average Bonchev–Trinajstić information content (AvgIpc) is 2.65. The maximum absolute atomic E-state index is 13.1. The van der Waals surface area contributed by atoms with Gasteiger partial charge in [0.25, 0.3) is 0 Å². The molecule has 1 aliphatic rings. The summed E-state index contributed by atoms with van der Waals surface area (Å²) < 4.78 is 39.9. The Labute approximate surface area is 167 Å². The normalized spacial score (nSPS) is 18.3. The fourth-order valence-electron chi connectivity index (χ4n) is 2.97. The molecule has 1 unspecified atom stereocenters. The minimum atomic E-state index is -3.80. The number of carbonyl (C=O) groups is 1. The van der Waals surface area contributed by atoms with Gasteiger partial charge in [0, 0.05) is 13.1 Å². The first kappa shape index (κ1) is 20.1. The van der Waals surface area contributed by atoms with E-state index in [1.54, 1.807) is 18.2 Å². The van der Waals surface area contributed by atoms with Crippen molar-refractivity contribution in [3.8, 4) is 0 Å². The van der Waals surface area contributed by atoms with Gasteiger partial charge in [-0.3, -0.25) is 4.79 Å². The zero-order chi connectivity index (χ0) is 19.6. The number of halogens is 3. The quantitative estimate of drug-likeness (QED) is 0.790. The van der Waals surface area contributed by atoms with Crippen molar-refractivity contribution in [2.24, 2.45) is 5.92 Å². The summed E-state index contributed by atoms with van der Waals surface area (Å²) in [6, 6.07) is 9.51. The Morgan fingerprint density at radius 2 is 1.74 bits per heavy atom. The topological polar surface area (TPSA) is 66.5 Å². The molecule has 0 aliphatic carbocycles. The fraction of sp³-hybridized carbons (Fsp3) is 0.278. The SMILES string of the molecule is O=C(Nc1c(Cl)cccc1Cl)C1CCCN(S(=O)(=O)c2ccc(F)cc2)C1. The summed E-state index contributed by atoms with van der Waals surface area (Å²) in [7, 11) is -3.80. The van der Waals surface area contributed by atoms with Gasteiger partial charge in [-0.1, -0.05) is 29.3 Å². The summed E-state index contributed by atoms with van der Waals surface area (Å²) in [6.45, 7) is 0.337. The molecule has 0 aromatic heterocycles. The second-order valence-electron chi connectivity index (χ2n) is 6.24. The largest absolute Gasteiger partial charge is 0.323 e. The van der Waals surface area contributed by atoms with E-state index in [-0.39, 0.29) is 17.3 Å². The Hall–Kier alpha value is -1.67. The van der Waals surface area contributed by atoms with Crippen molar-refractivity contribution in [2.45, 2.75) is 17.7 Å². The van der Waals surface area contributed by atoms with E-state index in [4.69, 9.17) is 23.2 Å². The minimum Gasteiger partial charge on any atom is -0.323 e. The standard InChI is InChI=1S/C18H17Cl2FN2O3S/c19-15-4-1-5-16(20)17(15)22-18(24)12-3-2-10-23(11-12)27(25,26)14-8-6-13(21)7-9-14/h1,4-9,12H,2-3,10-11H2,(H,22,24). The fourth-order valence-corrected chi connectivity index (χ4v) is 4.99. The zero-order valence-corrected chi connectivity index (χ0v) is 16.5. The van der Waals surface area contributed by atoms with Crippen molar-refractivity contribution in [3.63, 3.8) is 0 Å². The number of anilines is 1. The van der Waals surface area contributed by atoms with Gasteiger partial charge in [0.1, 0.15) is 5.82 Å². The lowest BCUT2D eigenvalue weighted by atomic mass is 9.98. The van der Waals surface area contributed by atoms with Crippen molar-refractivity contribution in [1.82, 2.24) is 4.31 Å². The van der Waals surface area contributed by atoms with Crippen LogP contribution in [0.25, 0.3) is 0 Å². The number of hydrogen-bond donors (Lipinski definition) is 1. The molecule has 0 radical (unpaired) electrons. The number of rotatable bonds is 4. The number of benzene rings is 2. The smallest absolute Gasteiger partial charge is 0.243 e. The molecular formula is C18H17Cl2FN2O3S. The van der Waals surface area contributed by atoms with Crippen LogP contribution >= 0.6 is 23.2 Å². The van der Waals surface area contributed by atoms with Crippen molar-refractivity contribution in [1.29, 1.82) is 0 Å². The Morgan fingerprint density at radius 1 is 1.11 bits per heavy atom. The monoisotopic (exact) mass is 430 g/mol. The molecule has 1 saturated heterocycles. The Bertz CT molecular complexity index is 931. The van der Waals surface area contributed by atoms with Gasteiger partial charge in [-0.15, -0.1) is 0 Å². The molecule has 1 N–H and O–H groups in total. The highest BCUT2D eigenvalue weighted by molar-refractivity contribution is 7.89. The van der Waals surface area contributed by atoms with Gasteiger partial charge >= 0.3 is 0 Å². The lowest BCUT2D eigenvalue weighted by Gasteiger charge is -2.31.